The van der Waals surface area contributed by atoms with E-state index in [1.54, 1.807) is 13.3 Å². The smallest absolute Gasteiger partial charge is 0.221 e. The molecule has 90 valence electrons. The molecule has 2 aromatic heterocycles. The van der Waals surface area contributed by atoms with Crippen LogP contribution in [0.3, 0.4) is 0 Å². The average molecular weight is 240 g/mol. The van der Waals surface area contributed by atoms with Crippen molar-refractivity contribution in [2.45, 2.75) is 6.92 Å². The first-order valence-corrected chi connectivity index (χ1v) is 5.65. The van der Waals surface area contributed by atoms with Crippen LogP contribution in [0.25, 0.3) is 22.1 Å². The van der Waals surface area contributed by atoms with Crippen LogP contribution in [0.5, 0.6) is 5.88 Å². The number of hydrogen-bond donors (Lipinski definition) is 0. The maximum Gasteiger partial charge on any atom is 0.221 e. The lowest BCUT2D eigenvalue weighted by Crippen LogP contribution is -1.90. The zero-order valence-corrected chi connectivity index (χ0v) is 10.2. The van der Waals surface area contributed by atoms with Crippen LogP contribution in [-0.4, -0.2) is 17.3 Å². The quantitative estimate of drug-likeness (QED) is 0.690. The van der Waals surface area contributed by atoms with Gasteiger partial charge in [-0.15, -0.1) is 0 Å². The van der Waals surface area contributed by atoms with E-state index in [1.165, 1.54) is 0 Å². The van der Waals surface area contributed by atoms with Crippen LogP contribution in [0.15, 0.2) is 41.1 Å². The molecule has 0 fully saturated rings. The van der Waals surface area contributed by atoms with E-state index in [1.807, 2.05) is 37.3 Å². The summed E-state index contributed by atoms with van der Waals surface area (Å²) in [6, 6.07) is 9.81. The molecule has 4 heteroatoms. The normalized spacial score (nSPS) is 10.8. The highest BCUT2D eigenvalue weighted by molar-refractivity contribution is 5.85. The molecule has 0 aliphatic heterocycles. The number of nitrogens with zero attached hydrogens (tertiary/aromatic N) is 2. The van der Waals surface area contributed by atoms with E-state index in [2.05, 4.69) is 10.1 Å². The lowest BCUT2D eigenvalue weighted by atomic mass is 10.0. The molecule has 0 bridgehead atoms. The Morgan fingerprint density at radius 3 is 2.94 bits per heavy atom. The van der Waals surface area contributed by atoms with E-state index in [0.29, 0.717) is 5.88 Å². The summed E-state index contributed by atoms with van der Waals surface area (Å²) in [5, 5.41) is 4.96. The molecule has 1 aromatic carbocycles. The van der Waals surface area contributed by atoms with Crippen LogP contribution < -0.4 is 4.74 Å². The first-order valence-electron chi connectivity index (χ1n) is 5.65. The summed E-state index contributed by atoms with van der Waals surface area (Å²) in [6.45, 7) is 1.93. The lowest BCUT2D eigenvalue weighted by molar-refractivity contribution is 0.399. The summed E-state index contributed by atoms with van der Waals surface area (Å²) in [7, 11) is 1.62. The van der Waals surface area contributed by atoms with Gasteiger partial charge in [0.1, 0.15) is 0 Å². The number of methoxy groups -OCH3 is 1. The van der Waals surface area contributed by atoms with Crippen molar-refractivity contribution in [3.63, 3.8) is 0 Å². The average Bonchev–Trinajstić information content (AvgIpc) is 2.80. The van der Waals surface area contributed by atoms with Crippen molar-refractivity contribution >= 4 is 11.0 Å². The standard InChI is InChI=1S/C14H12N2O2/c1-9-12-8-10(5-6-13(12)18-16-9)11-4-3-7-15-14(11)17-2/h3-8H,1-2H3. The molecule has 3 rings (SSSR count). The fourth-order valence-corrected chi connectivity index (χ4v) is 2.00. The van der Waals surface area contributed by atoms with Gasteiger partial charge in [-0.05, 0) is 36.8 Å². The number of ether oxygens (including phenoxy) is 1. The summed E-state index contributed by atoms with van der Waals surface area (Å²) >= 11 is 0. The highest BCUT2D eigenvalue weighted by atomic mass is 16.5. The number of aromatic nitrogens is 2. The van der Waals surface area contributed by atoms with E-state index in [9.17, 15) is 0 Å². The van der Waals surface area contributed by atoms with Gasteiger partial charge in [0.15, 0.2) is 5.58 Å². The molecule has 0 radical (unpaired) electrons. The van der Waals surface area contributed by atoms with Crippen LogP contribution in [0.1, 0.15) is 5.69 Å². The zero-order valence-electron chi connectivity index (χ0n) is 10.2. The molecule has 0 unspecified atom stereocenters. The van der Waals surface area contributed by atoms with Crippen LogP contribution in [0.2, 0.25) is 0 Å². The minimum Gasteiger partial charge on any atom is -0.481 e. The molecule has 18 heavy (non-hydrogen) atoms. The second kappa shape index (κ2) is 4.14. The highest BCUT2D eigenvalue weighted by Crippen LogP contribution is 2.30. The van der Waals surface area contributed by atoms with Crippen molar-refractivity contribution in [3.8, 4) is 17.0 Å². The van der Waals surface area contributed by atoms with Gasteiger partial charge in [0.25, 0.3) is 0 Å². The van der Waals surface area contributed by atoms with Gasteiger partial charge in [-0.1, -0.05) is 11.2 Å². The Balaban J connectivity index is 2.21. The van der Waals surface area contributed by atoms with Crippen LogP contribution in [0, 0.1) is 6.92 Å². The molecule has 0 saturated carbocycles. The SMILES string of the molecule is COc1ncccc1-c1ccc2onc(C)c2c1. The Morgan fingerprint density at radius 2 is 2.11 bits per heavy atom. The summed E-state index contributed by atoms with van der Waals surface area (Å²) in [5.74, 6) is 0.617. The second-order valence-corrected chi connectivity index (χ2v) is 4.04. The molecule has 0 amide bonds. The second-order valence-electron chi connectivity index (χ2n) is 4.04. The number of fused-ring (bicyclic) bond motifs is 1. The van der Waals surface area contributed by atoms with Gasteiger partial charge in [-0.3, -0.25) is 0 Å². The van der Waals surface area contributed by atoms with Crippen LogP contribution in [0.4, 0.5) is 0 Å². The molecule has 4 nitrogen and oxygen atoms in total. The molecule has 3 aromatic rings. The van der Waals surface area contributed by atoms with E-state index < -0.39 is 0 Å². The van der Waals surface area contributed by atoms with Crippen LogP contribution in [-0.2, 0) is 0 Å². The fraction of sp³-hybridized carbons (Fsp3) is 0.143. The molecule has 0 aliphatic rings. The summed E-state index contributed by atoms with van der Waals surface area (Å²) in [4.78, 5) is 4.20. The van der Waals surface area contributed by atoms with Crippen molar-refractivity contribution in [1.29, 1.82) is 0 Å². The van der Waals surface area contributed by atoms with Gasteiger partial charge in [0.2, 0.25) is 5.88 Å². The molecular formula is C14H12N2O2. The van der Waals surface area contributed by atoms with Crippen LogP contribution >= 0.6 is 0 Å². The third-order valence-corrected chi connectivity index (χ3v) is 2.93. The Kier molecular flexibility index (Phi) is 2.48. The number of pyridine rings is 1. The zero-order chi connectivity index (χ0) is 12.5. The Bertz CT molecular complexity index is 704. The summed E-state index contributed by atoms with van der Waals surface area (Å²) < 4.78 is 10.5. The van der Waals surface area contributed by atoms with Gasteiger partial charge >= 0.3 is 0 Å². The molecule has 0 N–H and O–H groups in total. The van der Waals surface area contributed by atoms with E-state index in [0.717, 1.165) is 27.8 Å². The first kappa shape index (κ1) is 10.8. The molecular weight excluding hydrogens is 228 g/mol. The minimum absolute atomic E-state index is 0.617. The van der Waals surface area contributed by atoms with Gasteiger partial charge < -0.3 is 9.26 Å². The third-order valence-electron chi connectivity index (χ3n) is 2.93. The molecule has 0 spiro atoms. The Hall–Kier alpha value is -2.36. The van der Waals surface area contributed by atoms with Gasteiger partial charge in [-0.25, -0.2) is 4.98 Å². The van der Waals surface area contributed by atoms with Crippen molar-refractivity contribution in [3.05, 3.63) is 42.2 Å². The lowest BCUT2D eigenvalue weighted by Gasteiger charge is -2.06. The summed E-state index contributed by atoms with van der Waals surface area (Å²) in [6.07, 6.45) is 1.71. The monoisotopic (exact) mass is 240 g/mol. The predicted molar refractivity (Wildman–Crippen MR) is 68.5 cm³/mol. The van der Waals surface area contributed by atoms with Crippen molar-refractivity contribution < 1.29 is 9.26 Å². The number of aryl methyl sites for hydroxylation is 1. The van der Waals surface area contributed by atoms with E-state index in [4.69, 9.17) is 9.26 Å². The maximum atomic E-state index is 5.27. The maximum absolute atomic E-state index is 5.27. The van der Waals surface area contributed by atoms with Gasteiger partial charge in [-0.2, -0.15) is 0 Å². The van der Waals surface area contributed by atoms with E-state index >= 15 is 0 Å². The number of benzene rings is 1. The van der Waals surface area contributed by atoms with Gasteiger partial charge in [0, 0.05) is 17.1 Å². The van der Waals surface area contributed by atoms with Crippen molar-refractivity contribution in [1.82, 2.24) is 10.1 Å². The van der Waals surface area contributed by atoms with Crippen molar-refractivity contribution in [2.75, 3.05) is 7.11 Å². The minimum atomic E-state index is 0.617. The van der Waals surface area contributed by atoms with E-state index in [-0.39, 0.29) is 0 Å². The third kappa shape index (κ3) is 1.62. The van der Waals surface area contributed by atoms with Crippen molar-refractivity contribution in [2.24, 2.45) is 0 Å². The largest absolute Gasteiger partial charge is 0.481 e. The molecule has 0 saturated heterocycles. The number of rotatable bonds is 2. The summed E-state index contributed by atoms with van der Waals surface area (Å²) in [5.41, 5.74) is 3.68. The first-order chi connectivity index (χ1) is 8.79. The Labute approximate surface area is 104 Å². The Morgan fingerprint density at radius 1 is 1.22 bits per heavy atom. The predicted octanol–water partition coefficient (Wildman–Crippen LogP) is 3.21. The molecule has 0 aliphatic carbocycles. The molecule has 2 heterocycles. The number of hydrogen-bond acceptors (Lipinski definition) is 4. The highest BCUT2D eigenvalue weighted by Gasteiger charge is 2.09. The molecule has 0 atom stereocenters. The van der Waals surface area contributed by atoms with Gasteiger partial charge in [0.05, 0.1) is 12.8 Å². The fourth-order valence-electron chi connectivity index (χ4n) is 2.00. The topological polar surface area (TPSA) is 48.2 Å².